The summed E-state index contributed by atoms with van der Waals surface area (Å²) in [7, 11) is 3.60. The van der Waals surface area contributed by atoms with Crippen molar-refractivity contribution in [2.24, 2.45) is 0 Å². The van der Waals surface area contributed by atoms with Gasteiger partial charge < -0.3 is 15.2 Å². The number of nitrogens with zero attached hydrogens (tertiary/aromatic N) is 1. The van der Waals surface area contributed by atoms with Gasteiger partial charge in [-0.15, -0.1) is 0 Å². The zero-order valence-corrected chi connectivity index (χ0v) is 9.42. The van der Waals surface area contributed by atoms with Gasteiger partial charge in [-0.2, -0.15) is 0 Å². The fraction of sp³-hybridized carbons (Fsp3) is 0.545. The molecular weight excluding hydrogens is 190 g/mol. The highest BCUT2D eigenvalue weighted by atomic mass is 16.1. The second-order valence-corrected chi connectivity index (χ2v) is 3.56. The molecule has 0 spiro atoms. The molecule has 1 heterocycles. The van der Waals surface area contributed by atoms with Crippen molar-refractivity contribution >= 4 is 5.91 Å². The van der Waals surface area contributed by atoms with Gasteiger partial charge in [0, 0.05) is 39.0 Å². The van der Waals surface area contributed by atoms with Crippen LogP contribution in [0.1, 0.15) is 18.4 Å². The van der Waals surface area contributed by atoms with Crippen LogP contribution in [-0.2, 0) is 17.9 Å². The summed E-state index contributed by atoms with van der Waals surface area (Å²) >= 11 is 0. The van der Waals surface area contributed by atoms with Crippen LogP contribution in [0.3, 0.4) is 0 Å². The van der Waals surface area contributed by atoms with Gasteiger partial charge in [0.25, 0.3) is 0 Å². The maximum absolute atomic E-state index is 11.0. The monoisotopic (exact) mass is 209 g/mol. The molecule has 2 N–H and O–H groups in total. The maximum atomic E-state index is 11.0. The quantitative estimate of drug-likeness (QED) is 0.725. The Morgan fingerprint density at radius 2 is 2.27 bits per heavy atom. The zero-order chi connectivity index (χ0) is 11.1. The maximum Gasteiger partial charge on any atom is 0.219 e. The van der Waals surface area contributed by atoms with E-state index in [1.165, 1.54) is 5.56 Å². The Morgan fingerprint density at radius 3 is 2.93 bits per heavy atom. The first kappa shape index (κ1) is 11.8. The van der Waals surface area contributed by atoms with E-state index >= 15 is 0 Å². The zero-order valence-electron chi connectivity index (χ0n) is 9.42. The highest BCUT2D eigenvalue weighted by Crippen LogP contribution is 2.02. The first-order valence-corrected chi connectivity index (χ1v) is 5.26. The van der Waals surface area contributed by atoms with Crippen molar-refractivity contribution in [3.05, 3.63) is 24.0 Å². The Morgan fingerprint density at radius 1 is 1.47 bits per heavy atom. The molecule has 1 aromatic heterocycles. The lowest BCUT2D eigenvalue weighted by Gasteiger charge is -2.02. The standard InChI is InChI=1S/C11H19N3O/c1-12-8-10-5-7-14(9-10)6-3-4-11(15)13-2/h5,7,9,12H,3-4,6,8H2,1-2H3,(H,13,15). The molecule has 1 rings (SSSR count). The molecule has 0 unspecified atom stereocenters. The first-order valence-electron chi connectivity index (χ1n) is 5.26. The van der Waals surface area contributed by atoms with Gasteiger partial charge in [0.2, 0.25) is 5.91 Å². The van der Waals surface area contributed by atoms with E-state index in [0.717, 1.165) is 19.5 Å². The van der Waals surface area contributed by atoms with Crippen LogP contribution in [0.25, 0.3) is 0 Å². The third-order valence-electron chi connectivity index (χ3n) is 2.29. The molecule has 0 bridgehead atoms. The SMILES string of the molecule is CNCc1ccn(CCCC(=O)NC)c1. The molecule has 0 aliphatic heterocycles. The topological polar surface area (TPSA) is 46.1 Å². The van der Waals surface area contributed by atoms with Crippen LogP contribution in [0.15, 0.2) is 18.5 Å². The summed E-state index contributed by atoms with van der Waals surface area (Å²) in [5, 5.41) is 5.72. The lowest BCUT2D eigenvalue weighted by Crippen LogP contribution is -2.17. The van der Waals surface area contributed by atoms with Gasteiger partial charge in [-0.25, -0.2) is 0 Å². The average Bonchev–Trinajstić information content (AvgIpc) is 2.66. The van der Waals surface area contributed by atoms with Gasteiger partial charge in [-0.05, 0) is 25.1 Å². The molecule has 0 aliphatic carbocycles. The van der Waals surface area contributed by atoms with Crippen molar-refractivity contribution in [2.45, 2.75) is 25.9 Å². The molecule has 15 heavy (non-hydrogen) atoms. The molecule has 0 saturated heterocycles. The van der Waals surface area contributed by atoms with Crippen LogP contribution in [0.4, 0.5) is 0 Å². The van der Waals surface area contributed by atoms with Crippen molar-refractivity contribution < 1.29 is 4.79 Å². The van der Waals surface area contributed by atoms with Gasteiger partial charge in [0.15, 0.2) is 0 Å². The largest absolute Gasteiger partial charge is 0.359 e. The van der Waals surface area contributed by atoms with Gasteiger partial charge in [-0.1, -0.05) is 0 Å². The molecule has 0 saturated carbocycles. The number of carbonyl (C=O) groups excluding carboxylic acids is 1. The Labute approximate surface area is 90.7 Å². The molecular formula is C11H19N3O. The third kappa shape index (κ3) is 4.16. The predicted molar refractivity (Wildman–Crippen MR) is 60.5 cm³/mol. The highest BCUT2D eigenvalue weighted by Gasteiger charge is 1.99. The van der Waals surface area contributed by atoms with Crippen LogP contribution >= 0.6 is 0 Å². The Balaban J connectivity index is 2.28. The molecule has 84 valence electrons. The molecule has 0 aromatic carbocycles. The number of hydrogen-bond donors (Lipinski definition) is 2. The predicted octanol–water partition coefficient (Wildman–Crippen LogP) is 0.734. The summed E-state index contributed by atoms with van der Waals surface area (Å²) < 4.78 is 2.12. The minimum atomic E-state index is 0.109. The smallest absolute Gasteiger partial charge is 0.219 e. The summed E-state index contributed by atoms with van der Waals surface area (Å²) in [5.41, 5.74) is 1.28. The van der Waals surface area contributed by atoms with Crippen molar-refractivity contribution in [3.8, 4) is 0 Å². The number of hydrogen-bond acceptors (Lipinski definition) is 2. The lowest BCUT2D eigenvalue weighted by atomic mass is 10.3. The van der Waals surface area contributed by atoms with Crippen LogP contribution in [0, 0.1) is 0 Å². The van der Waals surface area contributed by atoms with Gasteiger partial charge in [0.1, 0.15) is 0 Å². The number of nitrogens with one attached hydrogen (secondary N) is 2. The first-order chi connectivity index (χ1) is 7.26. The Kier molecular flexibility index (Phi) is 4.90. The molecule has 1 aromatic rings. The summed E-state index contributed by atoms with van der Waals surface area (Å²) in [6, 6.07) is 2.09. The van der Waals surface area contributed by atoms with Crippen LogP contribution in [-0.4, -0.2) is 24.6 Å². The van der Waals surface area contributed by atoms with Crippen molar-refractivity contribution in [3.63, 3.8) is 0 Å². The molecule has 4 heteroatoms. The van der Waals surface area contributed by atoms with Crippen LogP contribution in [0.2, 0.25) is 0 Å². The molecule has 0 atom stereocenters. The van der Waals surface area contributed by atoms with Crippen molar-refractivity contribution in [2.75, 3.05) is 14.1 Å². The molecule has 0 aliphatic rings. The Hall–Kier alpha value is -1.29. The van der Waals surface area contributed by atoms with Crippen molar-refractivity contribution in [1.29, 1.82) is 0 Å². The van der Waals surface area contributed by atoms with E-state index in [0.29, 0.717) is 6.42 Å². The van der Waals surface area contributed by atoms with Crippen LogP contribution < -0.4 is 10.6 Å². The van der Waals surface area contributed by atoms with E-state index in [9.17, 15) is 4.79 Å². The van der Waals surface area contributed by atoms with E-state index < -0.39 is 0 Å². The second kappa shape index (κ2) is 6.24. The van der Waals surface area contributed by atoms with Gasteiger partial charge in [0.05, 0.1) is 0 Å². The normalized spacial score (nSPS) is 10.3. The van der Waals surface area contributed by atoms with E-state index in [2.05, 4.69) is 33.7 Å². The number of aromatic nitrogens is 1. The average molecular weight is 209 g/mol. The second-order valence-electron chi connectivity index (χ2n) is 3.56. The fourth-order valence-corrected chi connectivity index (χ4v) is 1.49. The van der Waals surface area contributed by atoms with E-state index in [1.54, 1.807) is 7.05 Å². The number of rotatable bonds is 6. The summed E-state index contributed by atoms with van der Waals surface area (Å²) in [6.45, 7) is 1.79. The summed E-state index contributed by atoms with van der Waals surface area (Å²) in [4.78, 5) is 11.0. The van der Waals surface area contributed by atoms with Crippen LogP contribution in [0.5, 0.6) is 0 Å². The molecule has 0 fully saturated rings. The van der Waals surface area contributed by atoms with E-state index in [4.69, 9.17) is 0 Å². The minimum Gasteiger partial charge on any atom is -0.359 e. The van der Waals surface area contributed by atoms with E-state index in [1.807, 2.05) is 7.05 Å². The number of aryl methyl sites for hydroxylation is 1. The van der Waals surface area contributed by atoms with Gasteiger partial charge >= 0.3 is 0 Å². The highest BCUT2D eigenvalue weighted by molar-refractivity contribution is 5.75. The van der Waals surface area contributed by atoms with E-state index in [-0.39, 0.29) is 5.91 Å². The summed E-state index contributed by atoms with van der Waals surface area (Å²) in [6.07, 6.45) is 5.64. The molecule has 1 amide bonds. The lowest BCUT2D eigenvalue weighted by molar-refractivity contribution is -0.120. The molecule has 4 nitrogen and oxygen atoms in total. The minimum absolute atomic E-state index is 0.109. The summed E-state index contributed by atoms with van der Waals surface area (Å²) in [5.74, 6) is 0.109. The number of amides is 1. The third-order valence-corrected chi connectivity index (χ3v) is 2.29. The fourth-order valence-electron chi connectivity index (χ4n) is 1.49. The van der Waals surface area contributed by atoms with Gasteiger partial charge in [-0.3, -0.25) is 4.79 Å². The molecule has 0 radical (unpaired) electrons. The number of carbonyl (C=O) groups is 1. The Bertz CT molecular complexity index is 307. The van der Waals surface area contributed by atoms with Crippen molar-refractivity contribution in [1.82, 2.24) is 15.2 Å².